The van der Waals surface area contributed by atoms with E-state index in [9.17, 15) is 0 Å². The molecule has 0 aliphatic rings. The summed E-state index contributed by atoms with van der Waals surface area (Å²) in [7, 11) is 1.50. The maximum absolute atomic E-state index is 5.53. The standard InChI is InChI=1S/C10H15NO.CH5N/c1-2-3-8-12-10-6-4-9(11)5-7-10;1-2/h4-7H,2-3,8,11H2,1H3;2H2,1H3. The molecule has 0 aliphatic carbocycles. The summed E-state index contributed by atoms with van der Waals surface area (Å²) in [5, 5.41) is 0. The van der Waals surface area contributed by atoms with Crippen LogP contribution in [0.3, 0.4) is 0 Å². The molecule has 4 N–H and O–H groups in total. The molecule has 0 fully saturated rings. The van der Waals surface area contributed by atoms with Gasteiger partial charge in [-0.05, 0) is 37.7 Å². The number of nitrogens with two attached hydrogens (primary N) is 2. The van der Waals surface area contributed by atoms with Crippen LogP contribution in [0.25, 0.3) is 0 Å². The maximum atomic E-state index is 5.53. The Bertz CT molecular complexity index is 221. The van der Waals surface area contributed by atoms with Gasteiger partial charge in [0.1, 0.15) is 5.75 Å². The van der Waals surface area contributed by atoms with E-state index in [-0.39, 0.29) is 0 Å². The Kier molecular flexibility index (Phi) is 7.65. The zero-order chi connectivity index (χ0) is 10.8. The monoisotopic (exact) mass is 196 g/mol. The van der Waals surface area contributed by atoms with Crippen molar-refractivity contribution in [3.8, 4) is 5.75 Å². The molecule has 1 aromatic rings. The van der Waals surface area contributed by atoms with E-state index in [0.29, 0.717) is 0 Å². The SMILES string of the molecule is CCCCOc1ccc(N)cc1.CN. The van der Waals surface area contributed by atoms with E-state index in [1.807, 2.05) is 24.3 Å². The molecule has 0 spiro atoms. The zero-order valence-corrected chi connectivity index (χ0v) is 8.99. The quantitative estimate of drug-likeness (QED) is 0.572. The Balaban J connectivity index is 0.000000791. The van der Waals surface area contributed by atoms with Crippen LogP contribution in [-0.4, -0.2) is 13.7 Å². The maximum Gasteiger partial charge on any atom is 0.119 e. The molecule has 3 heteroatoms. The lowest BCUT2D eigenvalue weighted by Gasteiger charge is -2.04. The summed E-state index contributed by atoms with van der Waals surface area (Å²) >= 11 is 0. The summed E-state index contributed by atoms with van der Waals surface area (Å²) in [6, 6.07) is 7.48. The molecule has 0 aliphatic heterocycles. The third kappa shape index (κ3) is 5.43. The van der Waals surface area contributed by atoms with E-state index in [0.717, 1.165) is 30.9 Å². The third-order valence-electron chi connectivity index (χ3n) is 1.65. The van der Waals surface area contributed by atoms with E-state index in [1.165, 1.54) is 7.05 Å². The topological polar surface area (TPSA) is 61.3 Å². The van der Waals surface area contributed by atoms with Crippen molar-refractivity contribution in [1.29, 1.82) is 0 Å². The highest BCUT2D eigenvalue weighted by atomic mass is 16.5. The molecule has 0 bridgehead atoms. The van der Waals surface area contributed by atoms with Crippen molar-refractivity contribution in [1.82, 2.24) is 0 Å². The number of anilines is 1. The summed E-state index contributed by atoms with van der Waals surface area (Å²) in [5.74, 6) is 0.901. The lowest BCUT2D eigenvalue weighted by atomic mass is 10.3. The zero-order valence-electron chi connectivity index (χ0n) is 8.99. The number of unbranched alkanes of at least 4 members (excludes halogenated alkanes) is 1. The van der Waals surface area contributed by atoms with Crippen molar-refractivity contribution >= 4 is 5.69 Å². The van der Waals surface area contributed by atoms with Gasteiger partial charge in [-0.15, -0.1) is 0 Å². The smallest absolute Gasteiger partial charge is 0.119 e. The molecule has 1 rings (SSSR count). The van der Waals surface area contributed by atoms with Gasteiger partial charge in [-0.25, -0.2) is 0 Å². The molecule has 80 valence electrons. The van der Waals surface area contributed by atoms with Crippen LogP contribution in [0.5, 0.6) is 5.75 Å². The predicted octanol–water partition coefficient (Wildman–Crippen LogP) is 2.02. The minimum absolute atomic E-state index is 0.776. The van der Waals surface area contributed by atoms with Crippen molar-refractivity contribution in [3.63, 3.8) is 0 Å². The first-order chi connectivity index (χ1) is 6.83. The molecule has 0 radical (unpaired) electrons. The Morgan fingerprint density at radius 2 is 1.71 bits per heavy atom. The third-order valence-corrected chi connectivity index (χ3v) is 1.65. The van der Waals surface area contributed by atoms with Crippen LogP contribution >= 0.6 is 0 Å². The van der Waals surface area contributed by atoms with Gasteiger partial charge in [0.15, 0.2) is 0 Å². The molecule has 0 aromatic heterocycles. The van der Waals surface area contributed by atoms with Gasteiger partial charge >= 0.3 is 0 Å². The molecule has 0 saturated heterocycles. The number of nitrogen functional groups attached to an aromatic ring is 1. The lowest BCUT2D eigenvalue weighted by molar-refractivity contribution is 0.309. The Hall–Kier alpha value is -1.22. The van der Waals surface area contributed by atoms with Crippen molar-refractivity contribution in [2.75, 3.05) is 19.4 Å². The highest BCUT2D eigenvalue weighted by Crippen LogP contribution is 2.13. The van der Waals surface area contributed by atoms with E-state index < -0.39 is 0 Å². The van der Waals surface area contributed by atoms with Crippen molar-refractivity contribution in [2.24, 2.45) is 5.73 Å². The fraction of sp³-hybridized carbons (Fsp3) is 0.455. The molecule has 0 amide bonds. The fourth-order valence-electron chi connectivity index (χ4n) is 0.898. The van der Waals surface area contributed by atoms with Gasteiger partial charge in [-0.2, -0.15) is 0 Å². The number of ether oxygens (including phenoxy) is 1. The van der Waals surface area contributed by atoms with Gasteiger partial charge in [0.2, 0.25) is 0 Å². The van der Waals surface area contributed by atoms with E-state index in [1.54, 1.807) is 0 Å². The summed E-state index contributed by atoms with van der Waals surface area (Å²) in [5.41, 5.74) is 10.8. The van der Waals surface area contributed by atoms with Crippen LogP contribution in [0.15, 0.2) is 24.3 Å². The van der Waals surface area contributed by atoms with Crippen LogP contribution in [0, 0.1) is 0 Å². The van der Waals surface area contributed by atoms with Crippen LogP contribution in [0.2, 0.25) is 0 Å². The van der Waals surface area contributed by atoms with Gasteiger partial charge in [0.25, 0.3) is 0 Å². The molecule has 1 aromatic carbocycles. The van der Waals surface area contributed by atoms with E-state index in [2.05, 4.69) is 12.7 Å². The second-order valence-corrected chi connectivity index (χ2v) is 2.77. The summed E-state index contributed by atoms with van der Waals surface area (Å²) in [6.45, 7) is 2.94. The number of hydrogen-bond donors (Lipinski definition) is 2. The fourth-order valence-corrected chi connectivity index (χ4v) is 0.898. The van der Waals surface area contributed by atoms with Crippen molar-refractivity contribution in [2.45, 2.75) is 19.8 Å². The van der Waals surface area contributed by atoms with Gasteiger partial charge < -0.3 is 16.2 Å². The molecule has 3 nitrogen and oxygen atoms in total. The predicted molar refractivity (Wildman–Crippen MR) is 61.4 cm³/mol. The molecular weight excluding hydrogens is 176 g/mol. The Morgan fingerprint density at radius 1 is 1.14 bits per heavy atom. The number of hydrogen-bond acceptors (Lipinski definition) is 3. The van der Waals surface area contributed by atoms with Gasteiger partial charge in [-0.3, -0.25) is 0 Å². The average molecular weight is 196 g/mol. The van der Waals surface area contributed by atoms with Crippen LogP contribution in [-0.2, 0) is 0 Å². The average Bonchev–Trinajstić information content (AvgIpc) is 2.24. The Labute approximate surface area is 86.1 Å². The first-order valence-electron chi connectivity index (χ1n) is 4.89. The van der Waals surface area contributed by atoms with Gasteiger partial charge in [-0.1, -0.05) is 13.3 Å². The van der Waals surface area contributed by atoms with Crippen LogP contribution < -0.4 is 16.2 Å². The minimum atomic E-state index is 0.776. The van der Waals surface area contributed by atoms with Crippen molar-refractivity contribution in [3.05, 3.63) is 24.3 Å². The molecule has 0 unspecified atom stereocenters. The molecule has 0 atom stereocenters. The van der Waals surface area contributed by atoms with Gasteiger partial charge in [0, 0.05) is 5.69 Å². The Morgan fingerprint density at radius 3 is 2.21 bits per heavy atom. The number of rotatable bonds is 4. The molecule has 0 saturated carbocycles. The van der Waals surface area contributed by atoms with Gasteiger partial charge in [0.05, 0.1) is 6.61 Å². The lowest BCUT2D eigenvalue weighted by Crippen LogP contribution is -1.96. The van der Waals surface area contributed by atoms with Crippen LogP contribution in [0.1, 0.15) is 19.8 Å². The highest BCUT2D eigenvalue weighted by molar-refractivity contribution is 5.41. The molecular formula is C11H20N2O. The second kappa shape index (κ2) is 8.38. The number of benzene rings is 1. The normalized spacial score (nSPS) is 8.79. The largest absolute Gasteiger partial charge is 0.494 e. The minimum Gasteiger partial charge on any atom is -0.494 e. The summed E-state index contributed by atoms with van der Waals surface area (Å²) < 4.78 is 5.45. The first kappa shape index (κ1) is 12.8. The molecule has 0 heterocycles. The van der Waals surface area contributed by atoms with E-state index >= 15 is 0 Å². The highest BCUT2D eigenvalue weighted by Gasteiger charge is 1.91. The second-order valence-electron chi connectivity index (χ2n) is 2.77. The van der Waals surface area contributed by atoms with Crippen LogP contribution in [0.4, 0.5) is 5.69 Å². The summed E-state index contributed by atoms with van der Waals surface area (Å²) in [4.78, 5) is 0. The summed E-state index contributed by atoms with van der Waals surface area (Å²) in [6.07, 6.45) is 2.26. The molecule has 14 heavy (non-hydrogen) atoms. The first-order valence-corrected chi connectivity index (χ1v) is 4.89. The van der Waals surface area contributed by atoms with E-state index in [4.69, 9.17) is 10.5 Å². The van der Waals surface area contributed by atoms with Crippen molar-refractivity contribution < 1.29 is 4.74 Å².